The Morgan fingerprint density at radius 1 is 1.09 bits per heavy atom. The van der Waals surface area contributed by atoms with Crippen LogP contribution in [0.2, 0.25) is 0 Å². The van der Waals surface area contributed by atoms with Gasteiger partial charge >= 0.3 is 0 Å². The number of rotatable bonds is 3. The van der Waals surface area contributed by atoms with Crippen LogP contribution in [0.5, 0.6) is 0 Å². The molecule has 3 saturated heterocycles. The molecule has 1 aromatic rings. The minimum absolute atomic E-state index is 0.184. The van der Waals surface area contributed by atoms with Crippen molar-refractivity contribution in [2.24, 2.45) is 4.99 Å². The summed E-state index contributed by atoms with van der Waals surface area (Å²) in [5.41, 5.74) is 2.42. The van der Waals surface area contributed by atoms with E-state index in [9.17, 15) is 4.21 Å². The average molecular weight is 520 g/mol. The lowest BCUT2D eigenvalue weighted by molar-refractivity contribution is 0.0763. The number of nitrogens with zero attached hydrogens (tertiary/aromatic N) is 3. The van der Waals surface area contributed by atoms with Crippen molar-refractivity contribution in [3.8, 4) is 0 Å². The summed E-state index contributed by atoms with van der Waals surface area (Å²) in [6.07, 6.45) is 5.02. The summed E-state index contributed by atoms with van der Waals surface area (Å²) in [6, 6.07) is 9.91. The van der Waals surface area contributed by atoms with E-state index in [1.54, 1.807) is 0 Å². The van der Waals surface area contributed by atoms with E-state index in [2.05, 4.69) is 60.6 Å². The molecule has 5 aliphatic rings. The van der Waals surface area contributed by atoms with Crippen molar-refractivity contribution in [3.05, 3.63) is 39.3 Å². The fourth-order valence-electron chi connectivity index (χ4n) is 5.77. The third kappa shape index (κ3) is 3.91. The molecule has 4 atom stereocenters. The van der Waals surface area contributed by atoms with Gasteiger partial charge in [-0.2, -0.15) is 0 Å². The van der Waals surface area contributed by atoms with Gasteiger partial charge < -0.3 is 19.9 Å². The third-order valence-electron chi connectivity index (χ3n) is 7.38. The molecule has 4 unspecified atom stereocenters. The Labute approximate surface area is 200 Å². The van der Waals surface area contributed by atoms with Crippen LogP contribution in [0.1, 0.15) is 32.1 Å². The van der Waals surface area contributed by atoms with E-state index in [4.69, 9.17) is 9.73 Å². The van der Waals surface area contributed by atoms with E-state index in [0.717, 1.165) is 66.6 Å². The number of ether oxygens (including phenoxy) is 1. The quantitative estimate of drug-likeness (QED) is 0.639. The molecule has 5 heterocycles. The van der Waals surface area contributed by atoms with Gasteiger partial charge in [0.2, 0.25) is 5.96 Å². The predicted molar refractivity (Wildman–Crippen MR) is 131 cm³/mol. The highest BCUT2D eigenvalue weighted by atomic mass is 79.9. The molecule has 6 rings (SSSR count). The van der Waals surface area contributed by atoms with Crippen molar-refractivity contribution in [2.45, 2.75) is 56.4 Å². The molecule has 2 N–H and O–H groups in total. The first-order valence-electron chi connectivity index (χ1n) is 11.7. The van der Waals surface area contributed by atoms with Crippen LogP contribution in [0.3, 0.4) is 0 Å². The highest BCUT2D eigenvalue weighted by Crippen LogP contribution is 2.35. The highest BCUT2D eigenvalue weighted by Gasteiger charge is 2.44. The van der Waals surface area contributed by atoms with Crippen LogP contribution in [0.25, 0.3) is 0 Å². The van der Waals surface area contributed by atoms with Crippen molar-refractivity contribution in [3.63, 3.8) is 0 Å². The first-order chi connectivity index (χ1) is 15.7. The molecule has 0 aliphatic carbocycles. The zero-order valence-corrected chi connectivity index (χ0v) is 20.5. The Hall–Kier alpha value is -1.42. The van der Waals surface area contributed by atoms with Crippen LogP contribution in [-0.4, -0.2) is 71.4 Å². The maximum Gasteiger partial charge on any atom is 0.200 e. The normalized spacial score (nSPS) is 32.7. The number of guanidine groups is 1. The fraction of sp³-hybridized carbons (Fsp3) is 0.609. The van der Waals surface area contributed by atoms with Gasteiger partial charge in [-0.1, -0.05) is 15.9 Å². The smallest absolute Gasteiger partial charge is 0.200 e. The van der Waals surface area contributed by atoms with Gasteiger partial charge in [-0.15, -0.1) is 0 Å². The van der Waals surface area contributed by atoms with Crippen LogP contribution >= 0.6 is 15.9 Å². The molecule has 0 amide bonds. The summed E-state index contributed by atoms with van der Waals surface area (Å²) in [6.45, 7) is 3.59. The molecule has 0 saturated carbocycles. The molecule has 3 fully saturated rings. The number of fused-ring (bicyclic) bond motifs is 2. The van der Waals surface area contributed by atoms with Gasteiger partial charge in [0.1, 0.15) is 6.17 Å². The molecule has 172 valence electrons. The Morgan fingerprint density at radius 3 is 2.53 bits per heavy atom. The first kappa shape index (κ1) is 21.1. The predicted octanol–water partition coefficient (Wildman–Crippen LogP) is 2.52. The van der Waals surface area contributed by atoms with Gasteiger partial charge in [0.15, 0.2) is 0 Å². The number of halogens is 1. The van der Waals surface area contributed by atoms with Crippen molar-refractivity contribution < 1.29 is 8.95 Å². The third-order valence-corrected chi connectivity index (χ3v) is 9.44. The topological polar surface area (TPSA) is 69.2 Å². The average Bonchev–Trinajstić information content (AvgIpc) is 3.31. The monoisotopic (exact) mass is 519 g/mol. The van der Waals surface area contributed by atoms with Crippen molar-refractivity contribution in [1.82, 2.24) is 15.5 Å². The minimum Gasteiger partial charge on any atom is -0.381 e. The van der Waals surface area contributed by atoms with Crippen molar-refractivity contribution in [1.29, 1.82) is 0 Å². The maximum absolute atomic E-state index is 12.8. The summed E-state index contributed by atoms with van der Waals surface area (Å²) in [7, 11) is -0.942. The summed E-state index contributed by atoms with van der Waals surface area (Å²) in [5.74, 6) is 1.69. The lowest BCUT2D eigenvalue weighted by Gasteiger charge is -2.45. The van der Waals surface area contributed by atoms with Gasteiger partial charge in [0.05, 0.1) is 15.7 Å². The molecule has 2 bridgehead atoms. The molecule has 0 aromatic heterocycles. The van der Waals surface area contributed by atoms with Crippen molar-refractivity contribution in [2.75, 3.05) is 37.0 Å². The maximum atomic E-state index is 12.8. The molecule has 1 aromatic carbocycles. The SMILES string of the molecule is O=S1CCC2=C1C(NC1CCOCC1)N=C(N1C3CCC1CN(c1ccc(Br)cc1)C3)N2. The molecular weight excluding hydrogens is 490 g/mol. The summed E-state index contributed by atoms with van der Waals surface area (Å²) >= 11 is 3.55. The Balaban J connectivity index is 1.23. The van der Waals surface area contributed by atoms with Crippen LogP contribution in [0, 0.1) is 0 Å². The van der Waals surface area contributed by atoms with Gasteiger partial charge in [-0.05, 0) is 49.9 Å². The second kappa shape index (κ2) is 8.74. The number of hydrogen-bond acceptors (Lipinski definition) is 7. The molecule has 0 radical (unpaired) electrons. The van der Waals surface area contributed by atoms with E-state index in [-0.39, 0.29) is 6.17 Å². The number of hydrogen-bond donors (Lipinski definition) is 2. The van der Waals surface area contributed by atoms with Crippen LogP contribution < -0.4 is 15.5 Å². The second-order valence-corrected chi connectivity index (χ2v) is 11.8. The number of piperazine rings is 1. The van der Waals surface area contributed by atoms with E-state index >= 15 is 0 Å². The van der Waals surface area contributed by atoms with E-state index < -0.39 is 10.8 Å². The molecule has 0 spiro atoms. The van der Waals surface area contributed by atoms with Crippen molar-refractivity contribution >= 4 is 38.4 Å². The Morgan fingerprint density at radius 2 is 1.81 bits per heavy atom. The number of aliphatic imine (C=N–C) groups is 1. The Bertz CT molecular complexity index is 948. The van der Waals surface area contributed by atoms with Gasteiger partial charge in [-0.25, -0.2) is 4.99 Å². The molecule has 9 heteroatoms. The minimum atomic E-state index is -0.942. The second-order valence-electron chi connectivity index (χ2n) is 9.35. The molecule has 32 heavy (non-hydrogen) atoms. The van der Waals surface area contributed by atoms with E-state index in [0.29, 0.717) is 23.9 Å². The number of benzene rings is 1. The highest BCUT2D eigenvalue weighted by molar-refractivity contribution is 9.10. The molecule has 7 nitrogen and oxygen atoms in total. The van der Waals surface area contributed by atoms with Gasteiger partial charge in [0.25, 0.3) is 0 Å². The van der Waals surface area contributed by atoms with Crippen LogP contribution in [0.4, 0.5) is 5.69 Å². The van der Waals surface area contributed by atoms with E-state index in [1.165, 1.54) is 18.5 Å². The Kier molecular flexibility index (Phi) is 5.77. The zero-order chi connectivity index (χ0) is 21.7. The largest absolute Gasteiger partial charge is 0.381 e. The fourth-order valence-corrected chi connectivity index (χ4v) is 7.44. The number of anilines is 1. The van der Waals surface area contributed by atoms with Crippen LogP contribution in [-0.2, 0) is 15.5 Å². The number of nitrogens with one attached hydrogen (secondary N) is 2. The lowest BCUT2D eigenvalue weighted by atomic mass is 10.1. The molecular formula is C23H30BrN5O2S. The van der Waals surface area contributed by atoms with E-state index in [1.807, 2.05) is 0 Å². The van der Waals surface area contributed by atoms with Gasteiger partial charge in [0, 0.05) is 72.5 Å². The van der Waals surface area contributed by atoms with Crippen LogP contribution in [0.15, 0.2) is 44.3 Å². The summed E-state index contributed by atoms with van der Waals surface area (Å²) in [4.78, 5) is 11.2. The number of allylic oxidation sites excluding steroid dienone is 1. The molecule has 5 aliphatic heterocycles. The standard InChI is InChI=1S/C23H30BrN5O2S/c24-15-1-3-17(4-2-15)28-13-18-5-6-19(14-28)29(18)23-26-20-9-12-32(30)21(20)22(27-23)25-16-7-10-31-11-8-16/h1-4,16,18-19,22,25H,5-14H2,(H,26,27). The lowest BCUT2D eigenvalue weighted by Crippen LogP contribution is -2.60. The van der Waals surface area contributed by atoms with Gasteiger partial charge in [-0.3, -0.25) is 9.53 Å². The first-order valence-corrected chi connectivity index (χ1v) is 13.9. The summed E-state index contributed by atoms with van der Waals surface area (Å²) in [5, 5.41) is 7.34. The zero-order valence-electron chi connectivity index (χ0n) is 18.1. The summed E-state index contributed by atoms with van der Waals surface area (Å²) < 4.78 is 19.4.